The van der Waals surface area contributed by atoms with Crippen LogP contribution in [-0.4, -0.2) is 22.4 Å². The van der Waals surface area contributed by atoms with Crippen molar-refractivity contribution in [2.75, 3.05) is 6.54 Å². The van der Waals surface area contributed by atoms with Gasteiger partial charge in [-0.15, -0.1) is 0 Å². The highest BCUT2D eigenvalue weighted by molar-refractivity contribution is 5.02. The van der Waals surface area contributed by atoms with Crippen LogP contribution in [0.1, 0.15) is 45.7 Å². The molecule has 0 radical (unpaired) electrons. The third-order valence-electron chi connectivity index (χ3n) is 3.47. The maximum absolute atomic E-state index is 4.49. The Morgan fingerprint density at radius 2 is 2.00 bits per heavy atom. The van der Waals surface area contributed by atoms with Crippen LogP contribution in [0.4, 0.5) is 0 Å². The predicted molar refractivity (Wildman–Crippen MR) is 73.1 cm³/mol. The number of rotatable bonds is 8. The van der Waals surface area contributed by atoms with Gasteiger partial charge in [0.15, 0.2) is 0 Å². The summed E-state index contributed by atoms with van der Waals surface area (Å²) in [5, 5.41) is 8.17. The lowest BCUT2D eigenvalue weighted by atomic mass is 9.91. The van der Waals surface area contributed by atoms with E-state index in [-0.39, 0.29) is 0 Å². The summed E-state index contributed by atoms with van der Waals surface area (Å²) in [5.41, 5.74) is 1.20. The molecule has 0 aromatic carbocycles. The van der Waals surface area contributed by atoms with Gasteiger partial charge in [-0.05, 0) is 24.9 Å². The molecule has 17 heavy (non-hydrogen) atoms. The Kier molecular flexibility index (Phi) is 6.27. The lowest BCUT2D eigenvalue weighted by molar-refractivity contribution is 0.329. The molecule has 0 aliphatic rings. The second-order valence-corrected chi connectivity index (χ2v) is 4.82. The van der Waals surface area contributed by atoms with Crippen LogP contribution in [-0.2, 0) is 13.5 Å². The molecule has 0 saturated heterocycles. The summed E-state index contributed by atoms with van der Waals surface area (Å²) >= 11 is 0. The van der Waals surface area contributed by atoms with Crippen LogP contribution in [0.25, 0.3) is 0 Å². The first-order valence-electron chi connectivity index (χ1n) is 6.93. The summed E-state index contributed by atoms with van der Waals surface area (Å²) in [4.78, 5) is 0. The molecule has 1 atom stereocenters. The first kappa shape index (κ1) is 14.2. The monoisotopic (exact) mass is 237 g/mol. The van der Waals surface area contributed by atoms with E-state index in [0.717, 1.165) is 18.9 Å². The Morgan fingerprint density at radius 3 is 2.47 bits per heavy atom. The number of hydrogen-bond donors (Lipinski definition) is 1. The van der Waals surface area contributed by atoms with Gasteiger partial charge < -0.3 is 5.32 Å². The molecule has 3 nitrogen and oxygen atoms in total. The van der Waals surface area contributed by atoms with Crippen molar-refractivity contribution in [2.24, 2.45) is 13.0 Å². The van der Waals surface area contributed by atoms with Crippen molar-refractivity contribution in [3.8, 4) is 0 Å². The van der Waals surface area contributed by atoms with Gasteiger partial charge in [-0.1, -0.05) is 33.6 Å². The summed E-state index contributed by atoms with van der Waals surface area (Å²) in [6.07, 6.45) is 6.75. The molecule has 0 fully saturated rings. The van der Waals surface area contributed by atoms with Crippen LogP contribution in [0.5, 0.6) is 0 Å². The van der Waals surface area contributed by atoms with Gasteiger partial charge in [-0.3, -0.25) is 4.68 Å². The van der Waals surface area contributed by atoms with E-state index in [0.29, 0.717) is 6.04 Å². The number of hydrogen-bond acceptors (Lipinski definition) is 2. The Labute approximate surface area is 106 Å². The summed E-state index contributed by atoms with van der Waals surface area (Å²) in [7, 11) is 1.98. The van der Waals surface area contributed by atoms with Gasteiger partial charge in [0, 0.05) is 25.7 Å². The van der Waals surface area contributed by atoms with E-state index >= 15 is 0 Å². The van der Waals surface area contributed by atoms with E-state index in [1.807, 2.05) is 17.9 Å². The molecular formula is C14H27N3. The second-order valence-electron chi connectivity index (χ2n) is 4.82. The van der Waals surface area contributed by atoms with Crippen molar-refractivity contribution in [1.29, 1.82) is 0 Å². The van der Waals surface area contributed by atoms with Crippen molar-refractivity contribution in [1.82, 2.24) is 15.1 Å². The zero-order valence-electron chi connectivity index (χ0n) is 11.7. The highest BCUT2D eigenvalue weighted by Crippen LogP contribution is 2.16. The van der Waals surface area contributed by atoms with Crippen molar-refractivity contribution in [3.05, 3.63) is 18.0 Å². The minimum absolute atomic E-state index is 0.569. The summed E-state index contributed by atoms with van der Waals surface area (Å²) in [5.74, 6) is 0.753. The van der Waals surface area contributed by atoms with E-state index in [4.69, 9.17) is 0 Å². The first-order chi connectivity index (χ1) is 8.21. The molecule has 1 heterocycles. The Balaban J connectivity index is 2.61. The molecule has 3 heteroatoms. The molecule has 0 bridgehead atoms. The van der Waals surface area contributed by atoms with Crippen LogP contribution in [0.2, 0.25) is 0 Å². The van der Waals surface area contributed by atoms with Crippen molar-refractivity contribution < 1.29 is 0 Å². The molecule has 1 unspecified atom stereocenters. The fraction of sp³-hybridized carbons (Fsp3) is 0.786. The minimum Gasteiger partial charge on any atom is -0.313 e. The topological polar surface area (TPSA) is 29.9 Å². The predicted octanol–water partition coefficient (Wildman–Crippen LogP) is 2.77. The van der Waals surface area contributed by atoms with Gasteiger partial charge >= 0.3 is 0 Å². The van der Waals surface area contributed by atoms with Gasteiger partial charge in [0.25, 0.3) is 0 Å². The fourth-order valence-corrected chi connectivity index (χ4v) is 2.39. The standard InChI is InChI=1S/C14H27N3/c1-5-9-15-14(12(6-2)7-3)11-13-8-10-17(4)16-13/h8,10,12,14-15H,5-7,9,11H2,1-4H3. The lowest BCUT2D eigenvalue weighted by Gasteiger charge is -2.25. The van der Waals surface area contributed by atoms with E-state index < -0.39 is 0 Å². The third-order valence-corrected chi connectivity index (χ3v) is 3.47. The van der Waals surface area contributed by atoms with Crippen molar-refractivity contribution in [2.45, 2.75) is 52.5 Å². The zero-order chi connectivity index (χ0) is 12.7. The SMILES string of the molecule is CCCNC(Cc1ccn(C)n1)C(CC)CC. The molecule has 1 N–H and O–H groups in total. The Bertz CT molecular complexity index is 302. The lowest BCUT2D eigenvalue weighted by Crippen LogP contribution is -2.38. The molecule has 0 amide bonds. The van der Waals surface area contributed by atoms with Crippen LogP contribution >= 0.6 is 0 Å². The van der Waals surface area contributed by atoms with E-state index in [1.54, 1.807) is 0 Å². The van der Waals surface area contributed by atoms with Gasteiger partial charge in [-0.2, -0.15) is 5.10 Å². The maximum atomic E-state index is 4.49. The normalized spacial score (nSPS) is 13.2. The van der Waals surface area contributed by atoms with Gasteiger partial charge in [0.05, 0.1) is 5.69 Å². The number of aromatic nitrogens is 2. The largest absolute Gasteiger partial charge is 0.313 e. The Morgan fingerprint density at radius 1 is 1.29 bits per heavy atom. The van der Waals surface area contributed by atoms with E-state index in [2.05, 4.69) is 37.3 Å². The summed E-state index contributed by atoms with van der Waals surface area (Å²) < 4.78 is 1.89. The molecular weight excluding hydrogens is 210 g/mol. The van der Waals surface area contributed by atoms with Gasteiger partial charge in [0.1, 0.15) is 0 Å². The highest BCUT2D eigenvalue weighted by atomic mass is 15.2. The van der Waals surface area contributed by atoms with Crippen LogP contribution < -0.4 is 5.32 Å². The number of nitrogens with one attached hydrogen (secondary N) is 1. The molecule has 1 rings (SSSR count). The van der Waals surface area contributed by atoms with Gasteiger partial charge in [0.2, 0.25) is 0 Å². The molecule has 0 spiro atoms. The maximum Gasteiger partial charge on any atom is 0.0640 e. The molecule has 1 aromatic rings. The van der Waals surface area contributed by atoms with E-state index in [9.17, 15) is 0 Å². The molecule has 1 aromatic heterocycles. The quantitative estimate of drug-likeness (QED) is 0.753. The van der Waals surface area contributed by atoms with E-state index in [1.165, 1.54) is 25.0 Å². The average molecular weight is 237 g/mol. The first-order valence-corrected chi connectivity index (χ1v) is 6.93. The number of aryl methyl sites for hydroxylation is 1. The molecule has 0 aliphatic heterocycles. The number of nitrogens with zero attached hydrogens (tertiary/aromatic N) is 2. The van der Waals surface area contributed by atoms with Crippen LogP contribution in [0.15, 0.2) is 12.3 Å². The zero-order valence-corrected chi connectivity index (χ0v) is 11.7. The van der Waals surface area contributed by atoms with Gasteiger partial charge in [-0.25, -0.2) is 0 Å². The average Bonchev–Trinajstić information content (AvgIpc) is 2.73. The molecule has 0 saturated carbocycles. The highest BCUT2D eigenvalue weighted by Gasteiger charge is 2.18. The van der Waals surface area contributed by atoms with Crippen LogP contribution in [0, 0.1) is 5.92 Å². The second kappa shape index (κ2) is 7.49. The summed E-state index contributed by atoms with van der Waals surface area (Å²) in [6, 6.07) is 2.70. The van der Waals surface area contributed by atoms with Crippen molar-refractivity contribution in [3.63, 3.8) is 0 Å². The van der Waals surface area contributed by atoms with Crippen molar-refractivity contribution >= 4 is 0 Å². The fourth-order valence-electron chi connectivity index (χ4n) is 2.39. The minimum atomic E-state index is 0.569. The smallest absolute Gasteiger partial charge is 0.0640 e. The molecule has 0 aliphatic carbocycles. The third kappa shape index (κ3) is 4.50. The molecule has 98 valence electrons. The summed E-state index contributed by atoms with van der Waals surface area (Å²) in [6.45, 7) is 7.89. The Hall–Kier alpha value is -0.830. The van der Waals surface area contributed by atoms with Crippen LogP contribution in [0.3, 0.4) is 0 Å².